The molecule has 0 heterocycles. The van der Waals surface area contributed by atoms with Crippen molar-refractivity contribution in [3.63, 3.8) is 0 Å². The Balaban J connectivity index is 1.83. The summed E-state index contributed by atoms with van der Waals surface area (Å²) in [6.45, 7) is 0.256. The maximum atomic E-state index is 13.0. The van der Waals surface area contributed by atoms with E-state index in [1.165, 1.54) is 6.07 Å². The lowest BCUT2D eigenvalue weighted by Crippen LogP contribution is -2.17. The average molecular weight is 388 g/mol. The summed E-state index contributed by atoms with van der Waals surface area (Å²) in [5, 5.41) is 2.22. The van der Waals surface area contributed by atoms with Gasteiger partial charge in [0.15, 0.2) is 0 Å². The SMILES string of the molecule is COc1ccc(OCCCC(=O)Nc2ccc(Cl)cc2C(F)(F)F)cc1. The molecule has 0 radical (unpaired) electrons. The zero-order valence-corrected chi connectivity index (χ0v) is 14.7. The molecule has 0 fully saturated rings. The van der Waals surface area contributed by atoms with Gasteiger partial charge in [-0.25, -0.2) is 0 Å². The Labute approximate surface area is 153 Å². The van der Waals surface area contributed by atoms with Gasteiger partial charge in [-0.1, -0.05) is 11.6 Å². The molecule has 1 amide bonds. The summed E-state index contributed by atoms with van der Waals surface area (Å²) < 4.78 is 49.5. The molecular formula is C18H17ClF3NO3. The molecule has 2 aromatic carbocycles. The minimum Gasteiger partial charge on any atom is -0.497 e. The number of rotatable bonds is 7. The van der Waals surface area contributed by atoms with Crippen LogP contribution in [0.1, 0.15) is 18.4 Å². The van der Waals surface area contributed by atoms with Gasteiger partial charge in [0.05, 0.1) is 25.0 Å². The van der Waals surface area contributed by atoms with Gasteiger partial charge in [0.25, 0.3) is 0 Å². The minimum atomic E-state index is -4.61. The predicted octanol–water partition coefficient (Wildman–Crippen LogP) is 5.17. The predicted molar refractivity (Wildman–Crippen MR) is 92.8 cm³/mol. The zero-order valence-electron chi connectivity index (χ0n) is 13.9. The highest BCUT2D eigenvalue weighted by atomic mass is 35.5. The van der Waals surface area contributed by atoms with Crippen LogP contribution >= 0.6 is 11.6 Å². The molecule has 0 saturated carbocycles. The first-order valence-corrected chi connectivity index (χ1v) is 8.11. The van der Waals surface area contributed by atoms with E-state index in [1.54, 1.807) is 31.4 Å². The number of carbonyl (C=O) groups excluding carboxylic acids is 1. The van der Waals surface area contributed by atoms with Crippen molar-refractivity contribution in [3.8, 4) is 11.5 Å². The van der Waals surface area contributed by atoms with Crippen LogP contribution in [0, 0.1) is 0 Å². The monoisotopic (exact) mass is 387 g/mol. The van der Waals surface area contributed by atoms with Crippen LogP contribution in [0.4, 0.5) is 18.9 Å². The van der Waals surface area contributed by atoms with Crippen molar-refractivity contribution >= 4 is 23.2 Å². The molecule has 0 unspecified atom stereocenters. The lowest BCUT2D eigenvalue weighted by Gasteiger charge is -2.14. The van der Waals surface area contributed by atoms with Crippen LogP contribution in [-0.4, -0.2) is 19.6 Å². The van der Waals surface area contributed by atoms with Crippen LogP contribution in [0.25, 0.3) is 0 Å². The van der Waals surface area contributed by atoms with Crippen molar-refractivity contribution in [2.45, 2.75) is 19.0 Å². The molecule has 0 aromatic heterocycles. The van der Waals surface area contributed by atoms with Crippen LogP contribution < -0.4 is 14.8 Å². The number of methoxy groups -OCH3 is 1. The van der Waals surface area contributed by atoms with Crippen molar-refractivity contribution in [2.75, 3.05) is 19.0 Å². The third-order valence-electron chi connectivity index (χ3n) is 3.44. The smallest absolute Gasteiger partial charge is 0.418 e. The normalized spacial score (nSPS) is 11.1. The summed E-state index contributed by atoms with van der Waals surface area (Å²) in [4.78, 5) is 11.9. The lowest BCUT2D eigenvalue weighted by molar-refractivity contribution is -0.137. The number of hydrogen-bond donors (Lipinski definition) is 1. The highest BCUT2D eigenvalue weighted by molar-refractivity contribution is 6.30. The van der Waals surface area contributed by atoms with Crippen LogP contribution in [0.15, 0.2) is 42.5 Å². The summed E-state index contributed by atoms with van der Waals surface area (Å²) in [6.07, 6.45) is -4.23. The number of hydrogen-bond acceptors (Lipinski definition) is 3. The van der Waals surface area contributed by atoms with Crippen LogP contribution in [0.3, 0.4) is 0 Å². The van der Waals surface area contributed by atoms with Gasteiger partial charge >= 0.3 is 6.18 Å². The second-order valence-electron chi connectivity index (χ2n) is 5.36. The number of halogens is 4. The standard InChI is InChI=1S/C18H17ClF3NO3/c1-25-13-5-7-14(8-6-13)26-10-2-3-17(24)23-16-9-4-12(19)11-15(16)18(20,21)22/h4-9,11H,2-3,10H2,1H3,(H,23,24). The minimum absolute atomic E-state index is 0.0239. The van der Waals surface area contributed by atoms with Crippen LogP contribution in [-0.2, 0) is 11.0 Å². The van der Waals surface area contributed by atoms with Crippen molar-refractivity contribution in [1.29, 1.82) is 0 Å². The summed E-state index contributed by atoms with van der Waals surface area (Å²) in [5.74, 6) is 0.777. The number of benzene rings is 2. The number of alkyl halides is 3. The second kappa shape index (κ2) is 8.80. The Bertz CT molecular complexity index is 748. The number of anilines is 1. The Morgan fingerprint density at radius 1 is 1.12 bits per heavy atom. The molecule has 0 aliphatic heterocycles. The molecule has 0 saturated heterocycles. The number of carbonyl (C=O) groups is 1. The highest BCUT2D eigenvalue weighted by Crippen LogP contribution is 2.36. The van der Waals surface area contributed by atoms with E-state index in [1.807, 2.05) is 0 Å². The van der Waals surface area contributed by atoms with E-state index in [9.17, 15) is 18.0 Å². The Kier molecular flexibility index (Phi) is 6.74. The number of nitrogens with one attached hydrogen (secondary N) is 1. The quantitative estimate of drug-likeness (QED) is 0.667. The fourth-order valence-electron chi connectivity index (χ4n) is 2.17. The molecule has 0 atom stereocenters. The largest absolute Gasteiger partial charge is 0.497 e. The van der Waals surface area contributed by atoms with Crippen molar-refractivity contribution in [3.05, 3.63) is 53.1 Å². The van der Waals surface area contributed by atoms with E-state index in [0.717, 1.165) is 12.1 Å². The zero-order chi connectivity index (χ0) is 19.2. The molecule has 2 rings (SSSR count). The highest BCUT2D eigenvalue weighted by Gasteiger charge is 2.34. The van der Waals surface area contributed by atoms with E-state index >= 15 is 0 Å². The van der Waals surface area contributed by atoms with Gasteiger partial charge in [0.2, 0.25) is 5.91 Å². The van der Waals surface area contributed by atoms with Gasteiger partial charge < -0.3 is 14.8 Å². The fraction of sp³-hybridized carbons (Fsp3) is 0.278. The lowest BCUT2D eigenvalue weighted by atomic mass is 10.1. The first kappa shape index (κ1) is 19.9. The van der Waals surface area contributed by atoms with E-state index in [4.69, 9.17) is 21.1 Å². The Hall–Kier alpha value is -2.41. The number of amides is 1. The van der Waals surface area contributed by atoms with Crippen molar-refractivity contribution in [2.24, 2.45) is 0 Å². The van der Waals surface area contributed by atoms with Crippen LogP contribution in [0.5, 0.6) is 11.5 Å². The topological polar surface area (TPSA) is 47.6 Å². The van der Waals surface area contributed by atoms with Gasteiger partial charge in [0, 0.05) is 11.4 Å². The molecule has 8 heteroatoms. The molecule has 140 valence electrons. The molecule has 26 heavy (non-hydrogen) atoms. The summed E-state index contributed by atoms with van der Waals surface area (Å²) in [7, 11) is 1.55. The van der Waals surface area contributed by atoms with Crippen LogP contribution in [0.2, 0.25) is 5.02 Å². The molecule has 2 aromatic rings. The van der Waals surface area contributed by atoms with Gasteiger partial charge in [-0.05, 0) is 48.9 Å². The second-order valence-corrected chi connectivity index (χ2v) is 5.80. The van der Waals surface area contributed by atoms with E-state index in [0.29, 0.717) is 17.9 Å². The number of ether oxygens (including phenoxy) is 2. The van der Waals surface area contributed by atoms with Crippen molar-refractivity contribution in [1.82, 2.24) is 0 Å². The molecule has 0 spiro atoms. The molecule has 0 bridgehead atoms. The van der Waals surface area contributed by atoms with Gasteiger partial charge in [-0.3, -0.25) is 4.79 Å². The first-order chi connectivity index (χ1) is 12.3. The van der Waals surface area contributed by atoms with Gasteiger partial charge in [0.1, 0.15) is 11.5 Å². The molecular weight excluding hydrogens is 371 g/mol. The van der Waals surface area contributed by atoms with E-state index in [2.05, 4.69) is 5.32 Å². The Morgan fingerprint density at radius 3 is 2.38 bits per heavy atom. The van der Waals surface area contributed by atoms with E-state index < -0.39 is 17.6 Å². The van der Waals surface area contributed by atoms with E-state index in [-0.39, 0.29) is 23.7 Å². The molecule has 1 N–H and O–H groups in total. The third-order valence-corrected chi connectivity index (χ3v) is 3.67. The third kappa shape index (κ3) is 5.84. The maximum absolute atomic E-state index is 13.0. The Morgan fingerprint density at radius 2 is 1.77 bits per heavy atom. The fourth-order valence-corrected chi connectivity index (χ4v) is 2.34. The van der Waals surface area contributed by atoms with Gasteiger partial charge in [-0.15, -0.1) is 0 Å². The summed E-state index contributed by atoms with van der Waals surface area (Å²) in [6, 6.07) is 10.1. The first-order valence-electron chi connectivity index (χ1n) is 7.73. The van der Waals surface area contributed by atoms with Gasteiger partial charge in [-0.2, -0.15) is 13.2 Å². The summed E-state index contributed by atoms with van der Waals surface area (Å²) >= 11 is 5.60. The summed E-state index contributed by atoms with van der Waals surface area (Å²) in [5.41, 5.74) is -1.30. The van der Waals surface area contributed by atoms with Crippen molar-refractivity contribution < 1.29 is 27.4 Å². The molecule has 0 aliphatic carbocycles. The average Bonchev–Trinajstić information content (AvgIpc) is 2.60. The molecule has 0 aliphatic rings. The maximum Gasteiger partial charge on any atom is 0.418 e. The molecule has 4 nitrogen and oxygen atoms in total.